The molecule has 2 aromatic rings. The summed E-state index contributed by atoms with van der Waals surface area (Å²) >= 11 is 0. The summed E-state index contributed by atoms with van der Waals surface area (Å²) in [5.74, 6) is 0. The van der Waals surface area contributed by atoms with Crippen molar-refractivity contribution in [3.63, 3.8) is 0 Å². The molecule has 0 aliphatic carbocycles. The number of hydrogen-bond acceptors (Lipinski definition) is 3. The Morgan fingerprint density at radius 3 is 2.70 bits per heavy atom. The Bertz CT molecular complexity index is 631. The van der Waals surface area contributed by atoms with Gasteiger partial charge in [-0.2, -0.15) is 0 Å². The number of nitrogens with zero attached hydrogens (tertiary/aromatic N) is 2. The van der Waals surface area contributed by atoms with Gasteiger partial charge in [-0.3, -0.25) is 4.79 Å². The monoisotopic (exact) mass is 273 g/mol. The molecule has 0 unspecified atom stereocenters. The predicted molar refractivity (Wildman–Crippen MR) is 85.5 cm³/mol. The fraction of sp³-hybridized carbons (Fsp3) is 0.438. The molecule has 0 bridgehead atoms. The molecule has 0 fully saturated rings. The first kappa shape index (κ1) is 14.6. The second-order valence-electron chi connectivity index (χ2n) is 5.41. The summed E-state index contributed by atoms with van der Waals surface area (Å²) in [7, 11) is 5.98. The van der Waals surface area contributed by atoms with E-state index >= 15 is 0 Å². The zero-order chi connectivity index (χ0) is 14.5. The zero-order valence-corrected chi connectivity index (χ0v) is 12.5. The lowest BCUT2D eigenvalue weighted by Gasteiger charge is -2.13. The van der Waals surface area contributed by atoms with Crippen LogP contribution >= 0.6 is 0 Å². The van der Waals surface area contributed by atoms with Crippen molar-refractivity contribution in [3.05, 3.63) is 40.7 Å². The van der Waals surface area contributed by atoms with Crippen LogP contribution in [0.2, 0.25) is 0 Å². The van der Waals surface area contributed by atoms with Crippen molar-refractivity contribution in [2.75, 3.05) is 32.5 Å². The van der Waals surface area contributed by atoms with Crippen LogP contribution in [0, 0.1) is 0 Å². The number of aromatic nitrogens is 1. The summed E-state index contributed by atoms with van der Waals surface area (Å²) in [6, 6.07) is 9.69. The minimum Gasteiger partial charge on any atom is -0.384 e. The first-order valence-corrected chi connectivity index (χ1v) is 7.07. The van der Waals surface area contributed by atoms with Crippen molar-refractivity contribution in [2.45, 2.75) is 12.8 Å². The van der Waals surface area contributed by atoms with Gasteiger partial charge in [-0.25, -0.2) is 0 Å². The van der Waals surface area contributed by atoms with Crippen LogP contribution in [-0.4, -0.2) is 36.7 Å². The second kappa shape index (κ2) is 6.57. The highest BCUT2D eigenvalue weighted by Gasteiger charge is 2.05. The van der Waals surface area contributed by atoms with Gasteiger partial charge in [0.05, 0.1) is 5.52 Å². The molecule has 0 saturated heterocycles. The Hall–Kier alpha value is -1.81. The number of anilines is 1. The Morgan fingerprint density at radius 1 is 1.20 bits per heavy atom. The summed E-state index contributed by atoms with van der Waals surface area (Å²) in [5, 5.41) is 4.50. The third-order valence-corrected chi connectivity index (χ3v) is 3.50. The summed E-state index contributed by atoms with van der Waals surface area (Å²) in [5.41, 5.74) is 1.93. The quantitative estimate of drug-likeness (QED) is 0.821. The van der Waals surface area contributed by atoms with Gasteiger partial charge in [0, 0.05) is 30.7 Å². The normalized spacial score (nSPS) is 11.2. The van der Waals surface area contributed by atoms with Gasteiger partial charge in [-0.15, -0.1) is 0 Å². The number of benzene rings is 1. The molecule has 0 amide bonds. The van der Waals surface area contributed by atoms with E-state index in [1.165, 1.54) is 0 Å². The third-order valence-electron chi connectivity index (χ3n) is 3.50. The van der Waals surface area contributed by atoms with E-state index in [1.807, 2.05) is 25.2 Å². The van der Waals surface area contributed by atoms with Crippen LogP contribution in [-0.2, 0) is 7.05 Å². The molecule has 2 rings (SSSR count). The van der Waals surface area contributed by atoms with Gasteiger partial charge in [0.2, 0.25) is 0 Å². The molecule has 4 nitrogen and oxygen atoms in total. The van der Waals surface area contributed by atoms with Crippen molar-refractivity contribution in [3.8, 4) is 0 Å². The van der Waals surface area contributed by atoms with Crippen LogP contribution in [0.3, 0.4) is 0 Å². The molecule has 4 heteroatoms. The number of aryl methyl sites for hydroxylation is 1. The van der Waals surface area contributed by atoms with Crippen molar-refractivity contribution < 1.29 is 0 Å². The fourth-order valence-electron chi connectivity index (χ4n) is 2.33. The molecule has 1 aromatic heterocycles. The topological polar surface area (TPSA) is 37.3 Å². The van der Waals surface area contributed by atoms with Crippen LogP contribution < -0.4 is 10.9 Å². The Balaban J connectivity index is 2.10. The van der Waals surface area contributed by atoms with Crippen LogP contribution in [0.15, 0.2) is 35.1 Å². The highest BCUT2D eigenvalue weighted by molar-refractivity contribution is 5.91. The molecule has 108 valence electrons. The lowest BCUT2D eigenvalue weighted by molar-refractivity contribution is 0.396. The highest BCUT2D eigenvalue weighted by atomic mass is 16.1. The Labute approximate surface area is 120 Å². The van der Waals surface area contributed by atoms with E-state index in [0.717, 1.165) is 42.5 Å². The number of unbranched alkanes of at least 4 members (excludes halogenated alkanes) is 1. The smallest absolute Gasteiger partial charge is 0.252 e. The number of fused-ring (bicyclic) bond motifs is 1. The maximum absolute atomic E-state index is 11.9. The molecule has 0 saturated carbocycles. The zero-order valence-electron chi connectivity index (χ0n) is 12.5. The Kier molecular flexibility index (Phi) is 4.79. The van der Waals surface area contributed by atoms with Crippen molar-refractivity contribution >= 4 is 16.6 Å². The van der Waals surface area contributed by atoms with Crippen molar-refractivity contribution in [1.29, 1.82) is 0 Å². The van der Waals surface area contributed by atoms with E-state index in [-0.39, 0.29) is 5.56 Å². The van der Waals surface area contributed by atoms with Crippen molar-refractivity contribution in [2.24, 2.45) is 7.05 Å². The standard InChI is InChI=1S/C16H23N3O/c1-18(2)11-7-6-10-17-14-12-16(20)19(3)15-9-5-4-8-13(14)15/h4-5,8-9,12,17H,6-7,10-11H2,1-3H3. The van der Waals surface area contributed by atoms with E-state index in [0.29, 0.717) is 0 Å². The molecule has 0 atom stereocenters. The average molecular weight is 273 g/mol. The average Bonchev–Trinajstić information content (AvgIpc) is 2.43. The number of para-hydroxylation sites is 1. The lowest BCUT2D eigenvalue weighted by Crippen LogP contribution is -2.18. The van der Waals surface area contributed by atoms with E-state index in [9.17, 15) is 4.79 Å². The van der Waals surface area contributed by atoms with Gasteiger partial charge in [-0.05, 0) is 39.5 Å². The van der Waals surface area contributed by atoms with Gasteiger partial charge in [-0.1, -0.05) is 18.2 Å². The number of hydrogen-bond donors (Lipinski definition) is 1. The number of nitrogens with one attached hydrogen (secondary N) is 1. The van der Waals surface area contributed by atoms with Crippen LogP contribution in [0.5, 0.6) is 0 Å². The molecule has 1 heterocycles. The second-order valence-corrected chi connectivity index (χ2v) is 5.41. The maximum atomic E-state index is 11.9. The number of pyridine rings is 1. The predicted octanol–water partition coefficient (Wildman–Crippen LogP) is 2.29. The maximum Gasteiger partial charge on any atom is 0.252 e. The van der Waals surface area contributed by atoms with E-state index in [2.05, 4.69) is 30.4 Å². The molecular formula is C16H23N3O. The number of rotatable bonds is 6. The van der Waals surface area contributed by atoms with Crippen LogP contribution in [0.1, 0.15) is 12.8 Å². The molecule has 0 aliphatic rings. The molecule has 0 aliphatic heterocycles. The van der Waals surface area contributed by atoms with Gasteiger partial charge in [0.15, 0.2) is 0 Å². The summed E-state index contributed by atoms with van der Waals surface area (Å²) in [6.45, 7) is 1.99. The molecular weight excluding hydrogens is 250 g/mol. The van der Waals surface area contributed by atoms with Gasteiger partial charge < -0.3 is 14.8 Å². The molecule has 20 heavy (non-hydrogen) atoms. The summed E-state index contributed by atoms with van der Waals surface area (Å²) < 4.78 is 1.69. The van der Waals surface area contributed by atoms with Gasteiger partial charge in [0.1, 0.15) is 0 Å². The molecule has 1 aromatic carbocycles. The summed E-state index contributed by atoms with van der Waals surface area (Å²) in [6.07, 6.45) is 2.25. The van der Waals surface area contributed by atoms with Crippen LogP contribution in [0.25, 0.3) is 10.9 Å². The first-order valence-electron chi connectivity index (χ1n) is 7.07. The SMILES string of the molecule is CN(C)CCCCNc1cc(=O)n(C)c2ccccc12. The van der Waals surface area contributed by atoms with E-state index in [1.54, 1.807) is 10.6 Å². The van der Waals surface area contributed by atoms with Gasteiger partial charge >= 0.3 is 0 Å². The minimum atomic E-state index is 0.0273. The fourth-order valence-corrected chi connectivity index (χ4v) is 2.33. The van der Waals surface area contributed by atoms with Crippen LogP contribution in [0.4, 0.5) is 5.69 Å². The molecule has 1 N–H and O–H groups in total. The Morgan fingerprint density at radius 2 is 1.95 bits per heavy atom. The first-order chi connectivity index (χ1) is 9.59. The largest absolute Gasteiger partial charge is 0.384 e. The van der Waals surface area contributed by atoms with Gasteiger partial charge in [0.25, 0.3) is 5.56 Å². The van der Waals surface area contributed by atoms with E-state index in [4.69, 9.17) is 0 Å². The lowest BCUT2D eigenvalue weighted by atomic mass is 10.1. The minimum absolute atomic E-state index is 0.0273. The third kappa shape index (κ3) is 3.39. The molecule has 0 radical (unpaired) electrons. The van der Waals surface area contributed by atoms with E-state index < -0.39 is 0 Å². The summed E-state index contributed by atoms with van der Waals surface area (Å²) in [4.78, 5) is 14.1. The molecule has 0 spiro atoms. The highest BCUT2D eigenvalue weighted by Crippen LogP contribution is 2.20. The van der Waals surface area contributed by atoms with Crippen molar-refractivity contribution in [1.82, 2.24) is 9.47 Å².